The van der Waals surface area contributed by atoms with Crippen LogP contribution in [0, 0.1) is 0 Å². The zero-order valence-corrected chi connectivity index (χ0v) is 12.6. The van der Waals surface area contributed by atoms with Crippen LogP contribution in [0.5, 0.6) is 0 Å². The van der Waals surface area contributed by atoms with E-state index in [2.05, 4.69) is 66.0 Å². The van der Waals surface area contributed by atoms with Crippen molar-refractivity contribution in [1.29, 1.82) is 0 Å². The first-order chi connectivity index (χ1) is 10.3. The maximum atomic E-state index is 6.35. The predicted molar refractivity (Wildman–Crippen MR) is 86.3 cm³/mol. The molecule has 0 saturated carbocycles. The van der Waals surface area contributed by atoms with Crippen LogP contribution in [-0.2, 0) is 16.8 Å². The molecule has 2 aromatic rings. The van der Waals surface area contributed by atoms with Crippen LogP contribution in [0.25, 0.3) is 0 Å². The predicted octanol–water partition coefficient (Wildman–Crippen LogP) is 3.52. The third-order valence-electron chi connectivity index (χ3n) is 4.46. The van der Waals surface area contributed by atoms with Gasteiger partial charge in [0.25, 0.3) is 0 Å². The number of hydrogen-bond acceptors (Lipinski definition) is 2. The molecule has 1 saturated heterocycles. The van der Waals surface area contributed by atoms with Crippen LogP contribution < -0.4 is 5.32 Å². The van der Waals surface area contributed by atoms with E-state index in [-0.39, 0.29) is 5.60 Å². The van der Waals surface area contributed by atoms with Crippen LogP contribution in [-0.4, -0.2) is 19.7 Å². The molecule has 2 heteroatoms. The molecule has 0 radical (unpaired) electrons. The molecule has 21 heavy (non-hydrogen) atoms. The Hall–Kier alpha value is -1.64. The van der Waals surface area contributed by atoms with E-state index in [0.29, 0.717) is 6.04 Å². The number of benzene rings is 2. The fourth-order valence-electron chi connectivity index (χ4n) is 3.30. The van der Waals surface area contributed by atoms with Gasteiger partial charge in [-0.1, -0.05) is 60.7 Å². The minimum absolute atomic E-state index is 0.214. The molecule has 1 aliphatic rings. The van der Waals surface area contributed by atoms with Crippen LogP contribution in [0.4, 0.5) is 0 Å². The third-order valence-corrected chi connectivity index (χ3v) is 4.46. The van der Waals surface area contributed by atoms with Crippen molar-refractivity contribution in [2.24, 2.45) is 0 Å². The summed E-state index contributed by atoms with van der Waals surface area (Å²) < 4.78 is 6.35. The van der Waals surface area contributed by atoms with Gasteiger partial charge in [-0.3, -0.25) is 0 Å². The fraction of sp³-hybridized carbons (Fsp3) is 0.368. The lowest BCUT2D eigenvalue weighted by Crippen LogP contribution is -2.45. The lowest BCUT2D eigenvalue weighted by molar-refractivity contribution is -0.0934. The van der Waals surface area contributed by atoms with Crippen LogP contribution in [0.1, 0.15) is 24.0 Å². The van der Waals surface area contributed by atoms with Gasteiger partial charge in [0.05, 0.1) is 5.60 Å². The molecule has 1 aliphatic heterocycles. The van der Waals surface area contributed by atoms with Crippen LogP contribution in [0.2, 0.25) is 0 Å². The van der Waals surface area contributed by atoms with Gasteiger partial charge in [-0.25, -0.2) is 0 Å². The van der Waals surface area contributed by atoms with Crippen molar-refractivity contribution in [3.05, 3.63) is 71.8 Å². The Bertz CT molecular complexity index is 554. The molecule has 0 spiro atoms. The third kappa shape index (κ3) is 3.17. The first kappa shape index (κ1) is 14.3. The van der Waals surface area contributed by atoms with Crippen LogP contribution >= 0.6 is 0 Å². The quantitative estimate of drug-likeness (QED) is 0.926. The summed E-state index contributed by atoms with van der Waals surface area (Å²) in [5.74, 6) is 0. The molecule has 1 N–H and O–H groups in total. The Kier molecular flexibility index (Phi) is 4.37. The summed E-state index contributed by atoms with van der Waals surface area (Å²) in [5, 5.41) is 3.43. The molecule has 2 nitrogen and oxygen atoms in total. The van der Waals surface area contributed by atoms with E-state index in [1.54, 1.807) is 0 Å². The zero-order chi connectivity index (χ0) is 14.5. The van der Waals surface area contributed by atoms with E-state index in [1.807, 2.05) is 7.05 Å². The molecule has 0 aromatic heterocycles. The summed E-state index contributed by atoms with van der Waals surface area (Å²) in [6, 6.07) is 21.8. The van der Waals surface area contributed by atoms with Gasteiger partial charge < -0.3 is 10.1 Å². The Labute approximate surface area is 127 Å². The molecule has 2 unspecified atom stereocenters. The second-order valence-corrected chi connectivity index (χ2v) is 5.85. The molecule has 2 aromatic carbocycles. The maximum Gasteiger partial charge on any atom is 0.0986 e. The molecular formula is C19H23NO. The Morgan fingerprint density at radius 3 is 2.38 bits per heavy atom. The van der Waals surface area contributed by atoms with E-state index < -0.39 is 0 Å². The average molecular weight is 281 g/mol. The molecule has 3 rings (SSSR count). The Morgan fingerprint density at radius 1 is 1.05 bits per heavy atom. The highest BCUT2D eigenvalue weighted by Gasteiger charge is 2.38. The highest BCUT2D eigenvalue weighted by atomic mass is 16.5. The number of rotatable bonds is 4. The van der Waals surface area contributed by atoms with E-state index in [1.165, 1.54) is 11.1 Å². The average Bonchev–Trinajstić information content (AvgIpc) is 2.57. The first-order valence-electron chi connectivity index (χ1n) is 7.73. The summed E-state index contributed by atoms with van der Waals surface area (Å²) in [6.07, 6.45) is 3.03. The highest BCUT2D eigenvalue weighted by Crippen LogP contribution is 2.38. The van der Waals surface area contributed by atoms with E-state index in [0.717, 1.165) is 25.9 Å². The van der Waals surface area contributed by atoms with Crippen molar-refractivity contribution in [3.63, 3.8) is 0 Å². The van der Waals surface area contributed by atoms with Gasteiger partial charge in [0.15, 0.2) is 0 Å². The summed E-state index contributed by atoms with van der Waals surface area (Å²) in [7, 11) is 2.05. The molecule has 2 atom stereocenters. The topological polar surface area (TPSA) is 21.3 Å². The lowest BCUT2D eigenvalue weighted by atomic mass is 9.79. The van der Waals surface area contributed by atoms with Crippen molar-refractivity contribution in [2.45, 2.75) is 30.9 Å². The van der Waals surface area contributed by atoms with Crippen LogP contribution in [0.15, 0.2) is 60.7 Å². The minimum Gasteiger partial charge on any atom is -0.370 e. The summed E-state index contributed by atoms with van der Waals surface area (Å²) in [6.45, 7) is 0.813. The van der Waals surface area contributed by atoms with Gasteiger partial charge in [0, 0.05) is 19.1 Å². The van der Waals surface area contributed by atoms with E-state index in [9.17, 15) is 0 Å². The van der Waals surface area contributed by atoms with Crippen molar-refractivity contribution < 1.29 is 4.74 Å². The van der Waals surface area contributed by atoms with Gasteiger partial charge in [-0.15, -0.1) is 0 Å². The lowest BCUT2D eigenvalue weighted by Gasteiger charge is -2.41. The smallest absolute Gasteiger partial charge is 0.0986 e. The number of nitrogens with one attached hydrogen (secondary N) is 1. The molecular weight excluding hydrogens is 258 g/mol. The van der Waals surface area contributed by atoms with Crippen LogP contribution in [0.3, 0.4) is 0 Å². The van der Waals surface area contributed by atoms with Crippen molar-refractivity contribution in [3.8, 4) is 0 Å². The van der Waals surface area contributed by atoms with Gasteiger partial charge in [-0.2, -0.15) is 0 Å². The summed E-state index contributed by atoms with van der Waals surface area (Å²) >= 11 is 0. The molecule has 1 heterocycles. The van der Waals surface area contributed by atoms with Gasteiger partial charge >= 0.3 is 0 Å². The first-order valence-corrected chi connectivity index (χ1v) is 7.73. The normalized spacial score (nSPS) is 25.7. The monoisotopic (exact) mass is 281 g/mol. The second kappa shape index (κ2) is 6.42. The molecule has 0 amide bonds. The van der Waals surface area contributed by atoms with Gasteiger partial charge in [0.2, 0.25) is 0 Å². The van der Waals surface area contributed by atoms with Crippen molar-refractivity contribution in [2.75, 3.05) is 13.7 Å². The minimum atomic E-state index is -0.214. The molecule has 110 valence electrons. The Balaban J connectivity index is 1.94. The van der Waals surface area contributed by atoms with Gasteiger partial charge in [-0.05, 0) is 31.0 Å². The van der Waals surface area contributed by atoms with Crippen molar-refractivity contribution >= 4 is 0 Å². The summed E-state index contributed by atoms with van der Waals surface area (Å²) in [4.78, 5) is 0. The largest absolute Gasteiger partial charge is 0.370 e. The maximum absolute atomic E-state index is 6.35. The second-order valence-electron chi connectivity index (χ2n) is 5.85. The van der Waals surface area contributed by atoms with E-state index in [4.69, 9.17) is 4.74 Å². The number of ether oxygens (including phenoxy) is 1. The SMILES string of the molecule is CNC1CCOC(Cc2ccccc2)(c2ccccc2)C1. The standard InChI is InChI=1S/C19H23NO/c1-20-18-12-13-21-19(15-18,17-10-6-3-7-11-17)14-16-8-4-2-5-9-16/h2-11,18,20H,12-15H2,1H3. The van der Waals surface area contributed by atoms with Crippen molar-refractivity contribution in [1.82, 2.24) is 5.32 Å². The van der Waals surface area contributed by atoms with E-state index >= 15 is 0 Å². The molecule has 0 bridgehead atoms. The Morgan fingerprint density at radius 2 is 1.71 bits per heavy atom. The fourth-order valence-corrected chi connectivity index (χ4v) is 3.30. The number of hydrogen-bond donors (Lipinski definition) is 1. The molecule has 0 aliphatic carbocycles. The zero-order valence-electron chi connectivity index (χ0n) is 12.6. The summed E-state index contributed by atoms with van der Waals surface area (Å²) in [5.41, 5.74) is 2.40. The highest BCUT2D eigenvalue weighted by molar-refractivity contribution is 5.28. The molecule has 1 fully saturated rings. The van der Waals surface area contributed by atoms with Gasteiger partial charge in [0.1, 0.15) is 0 Å².